The summed E-state index contributed by atoms with van der Waals surface area (Å²) in [4.78, 5) is 31.2. The number of carbonyl (C=O) groups excluding carboxylic acids is 2. The molecule has 4 rings (SSSR count). The van der Waals surface area contributed by atoms with E-state index in [1.807, 2.05) is 0 Å². The number of para-hydroxylation sites is 2. The van der Waals surface area contributed by atoms with Crippen molar-refractivity contribution in [1.29, 1.82) is 0 Å². The number of amides is 3. The molecule has 0 spiro atoms. The van der Waals surface area contributed by atoms with E-state index in [1.54, 1.807) is 49.4 Å². The van der Waals surface area contributed by atoms with Crippen LogP contribution in [0.1, 0.15) is 31.3 Å². The third kappa shape index (κ3) is 2.97. The number of fused-ring (bicyclic) bond motifs is 1. The van der Waals surface area contributed by atoms with E-state index < -0.39 is 24.0 Å². The van der Waals surface area contributed by atoms with Gasteiger partial charge >= 0.3 is 12.6 Å². The number of rotatable bonds is 6. The third-order valence-corrected chi connectivity index (χ3v) is 5.45. The van der Waals surface area contributed by atoms with Crippen LogP contribution in [0.15, 0.2) is 48.5 Å². The molecule has 1 N–H and O–H groups in total. The Labute approximate surface area is 171 Å². The van der Waals surface area contributed by atoms with Crippen LogP contribution in [-0.4, -0.2) is 33.5 Å². The zero-order valence-corrected chi connectivity index (χ0v) is 16.4. The zero-order valence-electron chi connectivity index (χ0n) is 16.4. The summed E-state index contributed by atoms with van der Waals surface area (Å²) in [5, 5.41) is 2.75. The quantitative estimate of drug-likeness (QED) is 0.623. The van der Waals surface area contributed by atoms with Gasteiger partial charge in [0.15, 0.2) is 0 Å². The van der Waals surface area contributed by atoms with E-state index >= 15 is 0 Å². The van der Waals surface area contributed by atoms with Crippen LogP contribution in [0.4, 0.5) is 13.6 Å². The summed E-state index contributed by atoms with van der Waals surface area (Å²) in [5.74, 6) is 0.0497. The first-order valence-electron chi connectivity index (χ1n) is 9.44. The molecule has 30 heavy (non-hydrogen) atoms. The minimum Gasteiger partial charge on any atom is -0.497 e. The van der Waals surface area contributed by atoms with E-state index in [-0.39, 0.29) is 17.9 Å². The Balaban J connectivity index is 1.71. The number of nitrogens with one attached hydrogen (secondary N) is 1. The van der Waals surface area contributed by atoms with Crippen LogP contribution in [0.2, 0.25) is 0 Å². The summed E-state index contributed by atoms with van der Waals surface area (Å²) in [6, 6.07) is 12.6. The van der Waals surface area contributed by atoms with E-state index in [1.165, 1.54) is 13.2 Å². The second-order valence-electron chi connectivity index (χ2n) is 6.97. The molecule has 156 valence electrons. The van der Waals surface area contributed by atoms with Gasteiger partial charge < -0.3 is 10.1 Å². The topological polar surface area (TPSA) is 76.5 Å². The molecule has 2 aromatic carbocycles. The number of hydrogen-bond acceptors (Lipinski definition) is 4. The zero-order chi connectivity index (χ0) is 21.5. The summed E-state index contributed by atoms with van der Waals surface area (Å²) < 4.78 is 33.3. The normalized spacial score (nSPS) is 19.0. The Morgan fingerprint density at radius 1 is 1.13 bits per heavy atom. The number of urea groups is 1. The van der Waals surface area contributed by atoms with Crippen molar-refractivity contribution in [1.82, 2.24) is 19.8 Å². The number of halogens is 2. The molecule has 1 saturated heterocycles. The molecule has 3 amide bonds. The average molecular weight is 414 g/mol. The molecular formula is C21H20F2N4O3. The van der Waals surface area contributed by atoms with Gasteiger partial charge in [0.2, 0.25) is 0 Å². The Morgan fingerprint density at radius 2 is 1.83 bits per heavy atom. The van der Waals surface area contributed by atoms with Gasteiger partial charge in [-0.05, 0) is 36.2 Å². The van der Waals surface area contributed by atoms with E-state index in [0.29, 0.717) is 23.3 Å². The number of benzene rings is 2. The largest absolute Gasteiger partial charge is 0.497 e. The van der Waals surface area contributed by atoms with Gasteiger partial charge in [0.1, 0.15) is 17.1 Å². The molecule has 0 bridgehead atoms. The SMILES string of the molecule is CC[C@@]1(c2ccc(OC)cc2)NC(=O)N(Cc2nc3ccccc3n2C(F)F)C1=O. The Kier molecular flexibility index (Phi) is 4.89. The standard InChI is InChI=1S/C21H20F2N4O3/c1-3-21(13-8-10-14(30-2)11-9-13)18(28)26(20(29)25-21)12-17-24-15-6-4-5-7-16(15)27(17)19(22)23/h4-11,19H,3,12H2,1-2H3,(H,25,29)/t21-/m0/s1. The van der Waals surface area contributed by atoms with Crippen LogP contribution < -0.4 is 10.1 Å². The lowest BCUT2D eigenvalue weighted by molar-refractivity contribution is -0.132. The molecule has 1 fully saturated rings. The first-order valence-corrected chi connectivity index (χ1v) is 9.44. The van der Waals surface area contributed by atoms with Crippen molar-refractivity contribution in [2.24, 2.45) is 0 Å². The molecule has 2 heterocycles. The van der Waals surface area contributed by atoms with Gasteiger partial charge in [-0.3, -0.25) is 14.3 Å². The second kappa shape index (κ2) is 7.40. The van der Waals surface area contributed by atoms with Crippen molar-refractivity contribution in [2.75, 3.05) is 7.11 Å². The lowest BCUT2D eigenvalue weighted by Crippen LogP contribution is -2.43. The van der Waals surface area contributed by atoms with Crippen molar-refractivity contribution in [3.05, 3.63) is 59.9 Å². The van der Waals surface area contributed by atoms with Gasteiger partial charge in [-0.1, -0.05) is 31.2 Å². The number of nitrogens with zero attached hydrogens (tertiary/aromatic N) is 3. The number of carbonyl (C=O) groups is 2. The highest BCUT2D eigenvalue weighted by molar-refractivity contribution is 6.07. The molecule has 0 radical (unpaired) electrons. The minimum absolute atomic E-state index is 0.0590. The number of aromatic nitrogens is 2. The number of hydrogen-bond donors (Lipinski definition) is 1. The molecule has 1 aliphatic heterocycles. The van der Waals surface area contributed by atoms with Crippen molar-refractivity contribution >= 4 is 23.0 Å². The Bertz CT molecular complexity index is 1110. The van der Waals surface area contributed by atoms with Crippen molar-refractivity contribution < 1.29 is 23.1 Å². The van der Waals surface area contributed by atoms with Crippen molar-refractivity contribution in [3.8, 4) is 5.75 Å². The van der Waals surface area contributed by atoms with Gasteiger partial charge in [-0.25, -0.2) is 9.78 Å². The fraction of sp³-hybridized carbons (Fsp3) is 0.286. The van der Waals surface area contributed by atoms with Crippen LogP contribution >= 0.6 is 0 Å². The lowest BCUT2D eigenvalue weighted by atomic mass is 9.87. The van der Waals surface area contributed by atoms with Gasteiger partial charge in [-0.2, -0.15) is 8.78 Å². The van der Waals surface area contributed by atoms with Crippen molar-refractivity contribution in [3.63, 3.8) is 0 Å². The van der Waals surface area contributed by atoms with Crippen LogP contribution in [-0.2, 0) is 16.9 Å². The summed E-state index contributed by atoms with van der Waals surface area (Å²) in [6.45, 7) is -1.44. The predicted molar refractivity (Wildman–Crippen MR) is 105 cm³/mol. The molecule has 1 aromatic heterocycles. The summed E-state index contributed by atoms with van der Waals surface area (Å²) in [7, 11) is 1.53. The van der Waals surface area contributed by atoms with E-state index in [2.05, 4.69) is 10.3 Å². The monoisotopic (exact) mass is 414 g/mol. The summed E-state index contributed by atoms with van der Waals surface area (Å²) in [5.41, 5.74) is -0.0670. The van der Waals surface area contributed by atoms with E-state index in [9.17, 15) is 18.4 Å². The molecule has 3 aromatic rings. The maximum Gasteiger partial charge on any atom is 0.325 e. The summed E-state index contributed by atoms with van der Waals surface area (Å²) >= 11 is 0. The lowest BCUT2D eigenvalue weighted by Gasteiger charge is -2.26. The van der Waals surface area contributed by atoms with Gasteiger partial charge in [0.05, 0.1) is 24.7 Å². The highest BCUT2D eigenvalue weighted by Crippen LogP contribution is 2.34. The number of ether oxygens (including phenoxy) is 1. The van der Waals surface area contributed by atoms with Gasteiger partial charge in [0.25, 0.3) is 5.91 Å². The van der Waals surface area contributed by atoms with E-state index in [0.717, 1.165) is 9.47 Å². The molecule has 0 unspecified atom stereocenters. The highest BCUT2D eigenvalue weighted by Gasteiger charge is 2.51. The average Bonchev–Trinajstić information content (AvgIpc) is 3.24. The molecular weight excluding hydrogens is 394 g/mol. The Morgan fingerprint density at radius 3 is 2.47 bits per heavy atom. The van der Waals surface area contributed by atoms with Gasteiger partial charge in [-0.15, -0.1) is 0 Å². The molecule has 1 aliphatic rings. The molecule has 1 atom stereocenters. The summed E-state index contributed by atoms with van der Waals surface area (Å²) in [6.07, 6.45) is 0.297. The molecule has 0 aliphatic carbocycles. The van der Waals surface area contributed by atoms with Crippen LogP contribution in [0.3, 0.4) is 0 Å². The number of imidazole rings is 1. The van der Waals surface area contributed by atoms with Crippen molar-refractivity contribution in [2.45, 2.75) is 32.0 Å². The Hall–Kier alpha value is -3.49. The van der Waals surface area contributed by atoms with Crippen LogP contribution in [0.25, 0.3) is 11.0 Å². The van der Waals surface area contributed by atoms with E-state index in [4.69, 9.17) is 4.74 Å². The maximum absolute atomic E-state index is 13.7. The van der Waals surface area contributed by atoms with Crippen LogP contribution in [0, 0.1) is 0 Å². The first-order chi connectivity index (χ1) is 14.4. The predicted octanol–water partition coefficient (Wildman–Crippen LogP) is 3.80. The number of alkyl halides is 2. The second-order valence-corrected chi connectivity index (χ2v) is 6.97. The molecule has 7 nitrogen and oxygen atoms in total. The molecule has 0 saturated carbocycles. The first kappa shape index (κ1) is 19.8. The third-order valence-electron chi connectivity index (χ3n) is 5.45. The van der Waals surface area contributed by atoms with Gasteiger partial charge in [0, 0.05) is 0 Å². The van der Waals surface area contributed by atoms with Crippen LogP contribution in [0.5, 0.6) is 5.75 Å². The fourth-order valence-corrected chi connectivity index (χ4v) is 3.85. The number of imide groups is 1. The minimum atomic E-state index is -2.86. The highest BCUT2D eigenvalue weighted by atomic mass is 19.3. The smallest absolute Gasteiger partial charge is 0.325 e. The fourth-order valence-electron chi connectivity index (χ4n) is 3.85. The molecule has 9 heteroatoms. The maximum atomic E-state index is 13.7. The number of methoxy groups -OCH3 is 1.